The summed E-state index contributed by atoms with van der Waals surface area (Å²) in [4.78, 5) is 5.72. The number of hydrogen-bond donors (Lipinski definition) is 1. The van der Waals surface area contributed by atoms with Gasteiger partial charge in [-0.3, -0.25) is 0 Å². The van der Waals surface area contributed by atoms with Gasteiger partial charge in [-0.15, -0.1) is 0 Å². The van der Waals surface area contributed by atoms with E-state index in [-0.39, 0.29) is 0 Å². The first-order valence-electron chi connectivity index (χ1n) is 13.9. The fourth-order valence-corrected chi connectivity index (χ4v) is 4.47. The second kappa shape index (κ2) is 15.9. The van der Waals surface area contributed by atoms with Crippen LogP contribution in [-0.2, 0) is 19.4 Å². The maximum atomic E-state index is 5.67. The van der Waals surface area contributed by atoms with Crippen LogP contribution < -0.4 is 9.47 Å². The molecule has 3 aromatic carbocycles. The van der Waals surface area contributed by atoms with E-state index in [1.54, 1.807) is 7.11 Å². The number of nitrogens with one attached hydrogen (secondary N) is 1. The van der Waals surface area contributed by atoms with Gasteiger partial charge in [0.2, 0.25) is 0 Å². The predicted octanol–water partition coefficient (Wildman–Crippen LogP) is 9.08. The lowest BCUT2D eigenvalue weighted by Gasteiger charge is -2.24. The quantitative estimate of drug-likeness (QED) is 0.239. The lowest BCUT2D eigenvalue weighted by molar-refractivity contribution is 0.281. The van der Waals surface area contributed by atoms with Gasteiger partial charge in [0.1, 0.15) is 11.5 Å². The highest BCUT2D eigenvalue weighted by atomic mass is 35.5. The zero-order chi connectivity index (χ0) is 28.0. The lowest BCUT2D eigenvalue weighted by Crippen LogP contribution is -2.25. The van der Waals surface area contributed by atoms with Crippen molar-refractivity contribution in [1.82, 2.24) is 9.88 Å². The summed E-state index contributed by atoms with van der Waals surface area (Å²) in [6, 6.07) is 24.1. The molecule has 1 aromatic heterocycles. The van der Waals surface area contributed by atoms with Gasteiger partial charge in [-0.25, -0.2) is 0 Å². The molecule has 1 N–H and O–H groups in total. The fourth-order valence-electron chi connectivity index (χ4n) is 4.34. The number of benzene rings is 3. The number of ether oxygens (including phenoxy) is 2. The number of fused-ring (bicyclic) bond motifs is 3. The van der Waals surface area contributed by atoms with Crippen molar-refractivity contribution in [2.75, 3.05) is 20.3 Å². The third kappa shape index (κ3) is 9.40. The van der Waals surface area contributed by atoms with Crippen LogP contribution in [0.2, 0.25) is 5.02 Å². The van der Waals surface area contributed by atoms with Crippen LogP contribution in [-0.4, -0.2) is 30.1 Å². The van der Waals surface area contributed by atoms with Crippen LogP contribution in [0.15, 0.2) is 85.6 Å². The maximum absolute atomic E-state index is 5.67. The minimum absolute atomic E-state index is 0.767. The largest absolute Gasteiger partial charge is 0.497 e. The number of halogens is 1. The Morgan fingerprint density at radius 2 is 1.77 bits per heavy atom. The molecule has 39 heavy (non-hydrogen) atoms. The van der Waals surface area contributed by atoms with Crippen LogP contribution in [0.4, 0.5) is 0 Å². The molecular weight excluding hydrogens is 504 g/mol. The van der Waals surface area contributed by atoms with Crippen LogP contribution in [0.25, 0.3) is 10.9 Å². The van der Waals surface area contributed by atoms with Crippen molar-refractivity contribution in [1.29, 1.82) is 0 Å². The Morgan fingerprint density at radius 1 is 1.03 bits per heavy atom. The van der Waals surface area contributed by atoms with Gasteiger partial charge in [0.05, 0.1) is 20.3 Å². The molecule has 4 aromatic rings. The zero-order valence-electron chi connectivity index (χ0n) is 23.9. The van der Waals surface area contributed by atoms with Gasteiger partial charge in [-0.1, -0.05) is 75.7 Å². The third-order valence-corrected chi connectivity index (χ3v) is 7.36. The highest BCUT2D eigenvalue weighted by Crippen LogP contribution is 2.30. The van der Waals surface area contributed by atoms with E-state index in [0.717, 1.165) is 61.4 Å². The second-order valence-electron chi connectivity index (χ2n) is 9.84. The maximum Gasteiger partial charge on any atom is 0.119 e. The molecule has 1 atom stereocenters. The number of H-pyrrole nitrogens is 1. The van der Waals surface area contributed by atoms with Gasteiger partial charge in [-0.2, -0.15) is 0 Å². The summed E-state index contributed by atoms with van der Waals surface area (Å²) in [5.74, 6) is 2.67. The topological polar surface area (TPSA) is 37.5 Å². The number of rotatable bonds is 8. The first-order valence-corrected chi connectivity index (χ1v) is 14.3. The summed E-state index contributed by atoms with van der Waals surface area (Å²) >= 11 is 5.67. The minimum atomic E-state index is 0.767. The summed E-state index contributed by atoms with van der Waals surface area (Å²) in [5.41, 5.74) is 5.26. The number of nitrogens with zero attached hydrogens (tertiary/aromatic N) is 1. The molecular formula is C34H43ClN2O2. The highest BCUT2D eigenvalue weighted by molar-refractivity contribution is 6.30. The summed E-state index contributed by atoms with van der Waals surface area (Å²) < 4.78 is 10.9. The van der Waals surface area contributed by atoms with Crippen LogP contribution in [0.3, 0.4) is 0 Å². The standard InChI is InChI=1S/C14H16N2O.C12H18O.C8H9Cl/c1-3-16-7-6-11-12-8-10(17-2)4-5-13(12)15-14(11)9-16;1-3-11(2)9-10-13-12-7-5-4-6-8-12;1-2-7-3-5-8(9)6-4-7/h3-5,8,15H,1,6-7,9H2,2H3;4-8,11H,3,9-10H2,1-2H3;3-6H,2H2,1H3. The zero-order valence-corrected chi connectivity index (χ0v) is 24.6. The van der Waals surface area contributed by atoms with Crippen LogP contribution in [0.5, 0.6) is 11.5 Å². The molecule has 0 bridgehead atoms. The van der Waals surface area contributed by atoms with Crippen molar-refractivity contribution >= 4 is 22.5 Å². The molecule has 0 amide bonds. The van der Waals surface area contributed by atoms with Gasteiger partial charge in [-0.05, 0) is 85.0 Å². The first-order chi connectivity index (χ1) is 19.0. The van der Waals surface area contributed by atoms with Crippen molar-refractivity contribution < 1.29 is 9.47 Å². The molecule has 0 radical (unpaired) electrons. The molecule has 1 aliphatic heterocycles. The van der Waals surface area contributed by atoms with E-state index < -0.39 is 0 Å². The number of aromatic nitrogens is 1. The minimum Gasteiger partial charge on any atom is -0.497 e. The monoisotopic (exact) mass is 546 g/mol. The number of aromatic amines is 1. The molecule has 1 unspecified atom stereocenters. The van der Waals surface area contributed by atoms with E-state index >= 15 is 0 Å². The summed E-state index contributed by atoms with van der Waals surface area (Å²) in [6.07, 6.45) is 6.43. The van der Waals surface area contributed by atoms with E-state index in [4.69, 9.17) is 21.1 Å². The van der Waals surface area contributed by atoms with E-state index in [9.17, 15) is 0 Å². The van der Waals surface area contributed by atoms with Gasteiger partial charge < -0.3 is 19.4 Å². The molecule has 2 heterocycles. The van der Waals surface area contributed by atoms with Gasteiger partial charge >= 0.3 is 0 Å². The normalized spacial score (nSPS) is 12.8. The molecule has 4 nitrogen and oxygen atoms in total. The van der Waals surface area contributed by atoms with E-state index in [2.05, 4.69) is 49.4 Å². The Kier molecular flexibility index (Phi) is 12.3. The van der Waals surface area contributed by atoms with Crippen molar-refractivity contribution in [2.24, 2.45) is 5.92 Å². The molecule has 5 heteroatoms. The Bertz CT molecular complexity index is 1270. The van der Waals surface area contributed by atoms with Crippen LogP contribution in [0.1, 0.15) is 50.4 Å². The average molecular weight is 547 g/mol. The molecule has 0 fully saturated rings. The molecule has 0 aliphatic carbocycles. The van der Waals surface area contributed by atoms with Gasteiger partial charge in [0, 0.05) is 28.2 Å². The Hall–Kier alpha value is -3.37. The molecule has 0 spiro atoms. The SMILES string of the molecule is C=CN1CCc2c([nH]c3ccc(OC)cc23)C1.CCC(C)CCOc1ccccc1.CCc1ccc(Cl)cc1. The summed E-state index contributed by atoms with van der Waals surface area (Å²) in [6.45, 7) is 13.2. The highest BCUT2D eigenvalue weighted by Gasteiger charge is 2.18. The van der Waals surface area contributed by atoms with Crippen LogP contribution in [0, 0.1) is 5.92 Å². The molecule has 0 saturated heterocycles. The molecule has 1 aliphatic rings. The average Bonchev–Trinajstić information content (AvgIpc) is 3.35. The van der Waals surface area contributed by atoms with E-state index in [1.807, 2.05) is 66.9 Å². The third-order valence-electron chi connectivity index (χ3n) is 7.11. The number of methoxy groups -OCH3 is 1. The van der Waals surface area contributed by atoms with Crippen molar-refractivity contribution in [2.45, 2.75) is 53.0 Å². The Balaban J connectivity index is 0.000000171. The van der Waals surface area contributed by atoms with Crippen molar-refractivity contribution in [3.05, 3.63) is 107 Å². The smallest absolute Gasteiger partial charge is 0.119 e. The number of aryl methyl sites for hydroxylation is 1. The van der Waals surface area contributed by atoms with Crippen molar-refractivity contribution in [3.8, 4) is 11.5 Å². The number of para-hydroxylation sites is 1. The van der Waals surface area contributed by atoms with E-state index in [0.29, 0.717) is 0 Å². The molecule has 0 saturated carbocycles. The Labute approximate surface area is 239 Å². The second-order valence-corrected chi connectivity index (χ2v) is 10.3. The predicted molar refractivity (Wildman–Crippen MR) is 166 cm³/mol. The Morgan fingerprint density at radius 3 is 2.41 bits per heavy atom. The van der Waals surface area contributed by atoms with Crippen LogP contribution >= 0.6 is 11.6 Å². The molecule has 208 valence electrons. The fraction of sp³-hybridized carbons (Fsp3) is 0.353. The van der Waals surface area contributed by atoms with Crippen molar-refractivity contribution in [3.63, 3.8) is 0 Å². The summed E-state index contributed by atoms with van der Waals surface area (Å²) in [7, 11) is 1.71. The van der Waals surface area contributed by atoms with E-state index in [1.165, 1.54) is 34.1 Å². The van der Waals surface area contributed by atoms with Gasteiger partial charge in [0.15, 0.2) is 0 Å². The van der Waals surface area contributed by atoms with Gasteiger partial charge in [0.25, 0.3) is 0 Å². The number of hydrogen-bond acceptors (Lipinski definition) is 3. The lowest BCUT2D eigenvalue weighted by atomic mass is 10.0. The first kappa shape index (κ1) is 30.2. The summed E-state index contributed by atoms with van der Waals surface area (Å²) in [5, 5.41) is 2.11. The molecule has 5 rings (SSSR count).